The third-order valence-electron chi connectivity index (χ3n) is 6.57. The van der Waals surface area contributed by atoms with Gasteiger partial charge in [0, 0.05) is 37.9 Å². The predicted octanol–water partition coefficient (Wildman–Crippen LogP) is 1.86. The van der Waals surface area contributed by atoms with E-state index in [1.54, 1.807) is 16.7 Å². The lowest BCUT2D eigenvalue weighted by atomic mass is 10.1. The molecule has 1 saturated heterocycles. The van der Waals surface area contributed by atoms with Gasteiger partial charge in [-0.2, -0.15) is 4.80 Å². The van der Waals surface area contributed by atoms with E-state index in [1.165, 1.54) is 23.3 Å². The Kier molecular flexibility index (Phi) is 7.01. The van der Waals surface area contributed by atoms with Gasteiger partial charge < -0.3 is 10.6 Å². The number of fused-ring (bicyclic) bond motifs is 1. The van der Waals surface area contributed by atoms with Crippen LogP contribution < -0.4 is 16.2 Å². The molecule has 0 bridgehead atoms. The van der Waals surface area contributed by atoms with Crippen LogP contribution in [0, 0.1) is 5.82 Å². The summed E-state index contributed by atoms with van der Waals surface area (Å²) in [4.78, 5) is 22.2. The van der Waals surface area contributed by atoms with E-state index < -0.39 is 0 Å². The average molecular weight is 492 g/mol. The third kappa shape index (κ3) is 5.42. The zero-order valence-corrected chi connectivity index (χ0v) is 20.4. The molecule has 188 valence electrons. The van der Waals surface area contributed by atoms with Gasteiger partial charge in [0.25, 0.3) is 5.56 Å². The van der Waals surface area contributed by atoms with E-state index in [0.717, 1.165) is 30.9 Å². The van der Waals surface area contributed by atoms with Crippen LogP contribution in [0.5, 0.6) is 0 Å². The number of aromatic nitrogens is 6. The molecule has 36 heavy (non-hydrogen) atoms. The molecule has 0 aliphatic carbocycles. The molecule has 2 N–H and O–H groups in total. The van der Waals surface area contributed by atoms with Crippen molar-refractivity contribution in [2.24, 2.45) is 0 Å². The van der Waals surface area contributed by atoms with E-state index in [9.17, 15) is 9.18 Å². The Bertz CT molecular complexity index is 1370. The highest BCUT2D eigenvalue weighted by molar-refractivity contribution is 5.81. The number of hydrogen-bond acceptors (Lipinski definition) is 8. The molecule has 10 nitrogen and oxygen atoms in total. The smallest absolute Gasteiger partial charge is 0.261 e. The van der Waals surface area contributed by atoms with E-state index in [4.69, 9.17) is 4.98 Å². The number of nitrogens with zero attached hydrogens (tertiary/aromatic N) is 7. The number of halogens is 1. The summed E-state index contributed by atoms with van der Waals surface area (Å²) in [6.07, 6.45) is 2.05. The lowest BCUT2D eigenvalue weighted by Crippen LogP contribution is -2.53. The summed E-state index contributed by atoms with van der Waals surface area (Å²) in [5.41, 5.74) is 2.32. The molecule has 3 heterocycles. The first kappa shape index (κ1) is 24.0. The van der Waals surface area contributed by atoms with Crippen molar-refractivity contribution in [1.82, 2.24) is 40.0 Å². The van der Waals surface area contributed by atoms with Crippen molar-refractivity contribution in [3.63, 3.8) is 0 Å². The second-order valence-electron chi connectivity index (χ2n) is 9.23. The number of anilines is 1. The molecule has 0 saturated carbocycles. The maximum atomic E-state index is 13.5. The Morgan fingerprint density at radius 1 is 1.22 bits per heavy atom. The van der Waals surface area contributed by atoms with Crippen molar-refractivity contribution in [1.29, 1.82) is 0 Å². The van der Waals surface area contributed by atoms with Gasteiger partial charge in [0.15, 0.2) is 6.33 Å². The van der Waals surface area contributed by atoms with Crippen LogP contribution in [0.25, 0.3) is 10.9 Å². The first-order valence-electron chi connectivity index (χ1n) is 12.2. The van der Waals surface area contributed by atoms with Crippen LogP contribution in [0.3, 0.4) is 0 Å². The summed E-state index contributed by atoms with van der Waals surface area (Å²) in [6, 6.07) is 12.4. The highest BCUT2D eigenvalue weighted by atomic mass is 19.1. The van der Waals surface area contributed by atoms with Crippen molar-refractivity contribution in [3.8, 4) is 0 Å². The number of benzene rings is 2. The number of rotatable bonds is 8. The Balaban J connectivity index is 1.44. The fraction of sp³-hybridized carbons (Fsp3) is 0.400. The van der Waals surface area contributed by atoms with Crippen LogP contribution in [-0.2, 0) is 19.5 Å². The topological polar surface area (TPSA) is 106 Å². The molecule has 5 rings (SSSR count). The molecule has 0 spiro atoms. The second-order valence-corrected chi connectivity index (χ2v) is 9.23. The van der Waals surface area contributed by atoms with Crippen molar-refractivity contribution >= 4 is 16.6 Å². The van der Waals surface area contributed by atoms with E-state index >= 15 is 0 Å². The number of hydrogen-bond donors (Lipinski definition) is 2. The van der Waals surface area contributed by atoms with Gasteiger partial charge in [-0.25, -0.2) is 9.37 Å². The monoisotopic (exact) mass is 491 g/mol. The molecule has 11 heteroatoms. The first-order chi connectivity index (χ1) is 17.5. The van der Waals surface area contributed by atoms with E-state index in [2.05, 4.69) is 44.8 Å². The minimum atomic E-state index is -0.286. The van der Waals surface area contributed by atoms with Crippen molar-refractivity contribution in [2.75, 3.05) is 25.0 Å². The zero-order valence-electron chi connectivity index (χ0n) is 20.4. The molecule has 2 unspecified atom stereocenters. The number of tetrazole rings is 1. The minimum absolute atomic E-state index is 0.132. The van der Waals surface area contributed by atoms with Crippen molar-refractivity contribution in [2.45, 2.75) is 45.6 Å². The Labute approximate surface area is 208 Å². The minimum Gasteiger partial charge on any atom is -0.370 e. The molecule has 1 aliphatic rings. The SMILES string of the molecule is CC1CN(C(C)Nc2ccc3c(=O)n(CCc4ccc(F)cc4)c(Cn4ncnn4)nc3c2)CCN1. The quantitative estimate of drug-likeness (QED) is 0.385. The van der Waals surface area contributed by atoms with Crippen LogP contribution in [-0.4, -0.2) is 66.5 Å². The largest absolute Gasteiger partial charge is 0.370 e. The molecule has 0 amide bonds. The van der Waals surface area contributed by atoms with Gasteiger partial charge in [-0.15, -0.1) is 10.2 Å². The molecule has 1 aliphatic heterocycles. The number of piperazine rings is 1. The van der Waals surface area contributed by atoms with Crippen LogP contribution in [0.4, 0.5) is 10.1 Å². The molecule has 2 atom stereocenters. The summed E-state index contributed by atoms with van der Waals surface area (Å²) in [7, 11) is 0. The Morgan fingerprint density at radius 2 is 2.06 bits per heavy atom. The fourth-order valence-corrected chi connectivity index (χ4v) is 4.63. The number of nitrogens with one attached hydrogen (secondary N) is 2. The molecule has 1 fully saturated rings. The number of aryl methyl sites for hydroxylation is 1. The van der Waals surface area contributed by atoms with Crippen LogP contribution >= 0.6 is 0 Å². The average Bonchev–Trinajstić information content (AvgIpc) is 3.38. The predicted molar refractivity (Wildman–Crippen MR) is 135 cm³/mol. The maximum Gasteiger partial charge on any atom is 0.261 e. The van der Waals surface area contributed by atoms with Crippen LogP contribution in [0.2, 0.25) is 0 Å². The Hall–Kier alpha value is -3.70. The summed E-state index contributed by atoms with van der Waals surface area (Å²) in [6.45, 7) is 7.84. The molecule has 4 aromatic rings. The molecular weight excluding hydrogens is 461 g/mol. The van der Waals surface area contributed by atoms with Crippen molar-refractivity contribution in [3.05, 3.63) is 76.4 Å². The van der Waals surface area contributed by atoms with E-state index in [0.29, 0.717) is 35.7 Å². The zero-order chi connectivity index (χ0) is 25.1. The van der Waals surface area contributed by atoms with Gasteiger partial charge in [0.1, 0.15) is 18.2 Å². The van der Waals surface area contributed by atoms with E-state index in [1.807, 2.05) is 18.2 Å². The summed E-state index contributed by atoms with van der Waals surface area (Å²) in [5.74, 6) is 0.250. The highest BCUT2D eigenvalue weighted by Gasteiger charge is 2.20. The molecule has 2 aromatic carbocycles. The van der Waals surface area contributed by atoms with Gasteiger partial charge >= 0.3 is 0 Å². The third-order valence-corrected chi connectivity index (χ3v) is 6.57. The maximum absolute atomic E-state index is 13.5. The molecular formula is C25H30FN9O. The van der Waals surface area contributed by atoms with E-state index in [-0.39, 0.29) is 24.1 Å². The lowest BCUT2D eigenvalue weighted by molar-refractivity contribution is 0.172. The van der Waals surface area contributed by atoms with Crippen molar-refractivity contribution < 1.29 is 4.39 Å². The van der Waals surface area contributed by atoms with Crippen LogP contribution in [0.15, 0.2) is 53.6 Å². The van der Waals surface area contributed by atoms with Gasteiger partial charge in [-0.05, 0) is 61.4 Å². The summed E-state index contributed by atoms with van der Waals surface area (Å²) < 4.78 is 14.9. The normalized spacial score (nSPS) is 17.4. The highest BCUT2D eigenvalue weighted by Crippen LogP contribution is 2.18. The van der Waals surface area contributed by atoms with Gasteiger partial charge in [-0.1, -0.05) is 12.1 Å². The van der Waals surface area contributed by atoms with Gasteiger partial charge in [0.05, 0.1) is 17.1 Å². The second kappa shape index (κ2) is 10.5. The lowest BCUT2D eigenvalue weighted by Gasteiger charge is -2.36. The van der Waals surface area contributed by atoms with Gasteiger partial charge in [-0.3, -0.25) is 14.3 Å². The molecule has 0 radical (unpaired) electrons. The first-order valence-corrected chi connectivity index (χ1v) is 12.2. The standard InChI is InChI=1S/C25H30FN9O/c1-17-14-33(12-10-27-17)18(2)30-21-7-8-22-23(13-21)31-24(15-35-29-16-28-32-35)34(25(22)36)11-9-19-3-5-20(26)6-4-19/h3-8,13,16-18,27,30H,9-12,14-15H2,1-2H3. The van der Waals surface area contributed by atoms with Crippen LogP contribution in [0.1, 0.15) is 25.2 Å². The summed E-state index contributed by atoms with van der Waals surface area (Å²) >= 11 is 0. The Morgan fingerprint density at radius 3 is 2.81 bits per heavy atom. The fourth-order valence-electron chi connectivity index (χ4n) is 4.63. The van der Waals surface area contributed by atoms with Gasteiger partial charge in [0.2, 0.25) is 0 Å². The summed E-state index contributed by atoms with van der Waals surface area (Å²) in [5, 5.41) is 19.3. The molecule has 2 aromatic heterocycles.